The Kier molecular flexibility index (Phi) is 4.49. The van der Waals surface area contributed by atoms with E-state index in [9.17, 15) is 12.8 Å². The van der Waals surface area contributed by atoms with Gasteiger partial charge in [-0.1, -0.05) is 35.3 Å². The van der Waals surface area contributed by atoms with Crippen molar-refractivity contribution < 1.29 is 12.8 Å². The maximum absolute atomic E-state index is 13.1. The van der Waals surface area contributed by atoms with E-state index in [2.05, 4.69) is 0 Å². The molecule has 1 fully saturated rings. The van der Waals surface area contributed by atoms with Crippen molar-refractivity contribution in [2.24, 2.45) is 0 Å². The van der Waals surface area contributed by atoms with Crippen LogP contribution in [0.4, 0.5) is 4.39 Å². The third-order valence-corrected chi connectivity index (χ3v) is 7.33. The monoisotopic (exact) mass is 379 g/mol. The van der Waals surface area contributed by atoms with E-state index in [1.807, 2.05) is 0 Å². The number of benzene rings is 1. The van der Waals surface area contributed by atoms with Gasteiger partial charge in [-0.2, -0.15) is 4.31 Å². The van der Waals surface area contributed by atoms with Gasteiger partial charge in [-0.15, -0.1) is 11.3 Å². The Hall–Kier alpha value is -0.660. The lowest BCUT2D eigenvalue weighted by Gasteiger charge is -2.24. The lowest BCUT2D eigenvalue weighted by Crippen LogP contribution is -2.30. The lowest BCUT2D eigenvalue weighted by molar-refractivity contribution is 0.396. The van der Waals surface area contributed by atoms with Crippen LogP contribution >= 0.6 is 34.5 Å². The molecule has 0 amide bonds. The van der Waals surface area contributed by atoms with Crippen molar-refractivity contribution in [1.29, 1.82) is 0 Å². The van der Waals surface area contributed by atoms with Crippen LogP contribution in [-0.4, -0.2) is 19.3 Å². The van der Waals surface area contributed by atoms with Gasteiger partial charge in [0.1, 0.15) is 15.0 Å². The SMILES string of the molecule is O=S(=O)(c1cc(Cl)sc1Cl)N1CCCC1c1ccc(F)cc1. The molecule has 0 saturated carbocycles. The van der Waals surface area contributed by atoms with E-state index >= 15 is 0 Å². The van der Waals surface area contributed by atoms with E-state index in [0.29, 0.717) is 17.3 Å². The first-order valence-electron chi connectivity index (χ1n) is 6.62. The number of nitrogens with zero attached hydrogens (tertiary/aromatic N) is 1. The van der Waals surface area contributed by atoms with Gasteiger partial charge in [-0.05, 0) is 36.6 Å². The van der Waals surface area contributed by atoms with Gasteiger partial charge < -0.3 is 0 Å². The van der Waals surface area contributed by atoms with Crippen molar-refractivity contribution in [3.05, 3.63) is 50.4 Å². The number of thiophene rings is 1. The molecule has 1 aromatic heterocycles. The maximum Gasteiger partial charge on any atom is 0.246 e. The van der Waals surface area contributed by atoms with Crippen molar-refractivity contribution in [2.75, 3.05) is 6.54 Å². The van der Waals surface area contributed by atoms with Crippen LogP contribution < -0.4 is 0 Å². The molecule has 1 aromatic carbocycles. The Balaban J connectivity index is 1.99. The molecule has 2 heterocycles. The van der Waals surface area contributed by atoms with Crippen LogP contribution in [0.15, 0.2) is 35.2 Å². The van der Waals surface area contributed by atoms with Gasteiger partial charge in [0.15, 0.2) is 0 Å². The highest BCUT2D eigenvalue weighted by atomic mass is 35.5. The molecule has 2 aromatic rings. The average Bonchev–Trinajstić information content (AvgIpc) is 3.07. The molecule has 0 spiro atoms. The zero-order valence-corrected chi connectivity index (χ0v) is 14.4. The zero-order valence-electron chi connectivity index (χ0n) is 11.3. The molecule has 0 aliphatic carbocycles. The van der Waals surface area contributed by atoms with Gasteiger partial charge >= 0.3 is 0 Å². The third-order valence-electron chi connectivity index (χ3n) is 3.67. The molecule has 1 unspecified atom stereocenters. The van der Waals surface area contributed by atoms with E-state index in [-0.39, 0.29) is 21.1 Å². The standard InChI is InChI=1S/C14H12Cl2FNO2S2/c15-13-8-12(14(16)21-13)22(19,20)18-7-1-2-11(18)9-3-5-10(17)6-4-9/h3-6,8,11H,1-2,7H2. The minimum Gasteiger partial charge on any atom is -0.207 e. The summed E-state index contributed by atoms with van der Waals surface area (Å²) >= 11 is 12.9. The smallest absolute Gasteiger partial charge is 0.207 e. The Morgan fingerprint density at radius 2 is 1.91 bits per heavy atom. The van der Waals surface area contributed by atoms with Gasteiger partial charge in [0, 0.05) is 6.54 Å². The Morgan fingerprint density at radius 3 is 2.50 bits per heavy atom. The summed E-state index contributed by atoms with van der Waals surface area (Å²) < 4.78 is 40.6. The summed E-state index contributed by atoms with van der Waals surface area (Å²) in [6.07, 6.45) is 1.44. The van der Waals surface area contributed by atoms with Crippen LogP contribution in [0.25, 0.3) is 0 Å². The molecule has 1 aliphatic heterocycles. The second kappa shape index (κ2) is 6.09. The number of sulfonamides is 1. The first-order valence-corrected chi connectivity index (χ1v) is 9.63. The molecule has 1 saturated heterocycles. The minimum atomic E-state index is -3.72. The van der Waals surface area contributed by atoms with Crippen molar-refractivity contribution in [3.63, 3.8) is 0 Å². The molecule has 3 rings (SSSR count). The fourth-order valence-corrected chi connectivity index (χ4v) is 6.47. The molecular weight excluding hydrogens is 368 g/mol. The van der Waals surface area contributed by atoms with E-state index in [0.717, 1.165) is 23.3 Å². The largest absolute Gasteiger partial charge is 0.246 e. The number of hydrogen-bond donors (Lipinski definition) is 0. The summed E-state index contributed by atoms with van der Waals surface area (Å²) in [6, 6.07) is 7.00. The summed E-state index contributed by atoms with van der Waals surface area (Å²) in [5.41, 5.74) is 0.778. The molecule has 0 bridgehead atoms. The number of halogens is 3. The Bertz CT molecular complexity index is 790. The molecular formula is C14H12Cl2FNO2S2. The Morgan fingerprint density at radius 1 is 1.23 bits per heavy atom. The van der Waals surface area contributed by atoms with Crippen molar-refractivity contribution in [1.82, 2.24) is 4.31 Å². The van der Waals surface area contributed by atoms with Gasteiger partial charge in [-0.25, -0.2) is 12.8 Å². The van der Waals surface area contributed by atoms with Crippen LogP contribution in [0.5, 0.6) is 0 Å². The average molecular weight is 380 g/mol. The van der Waals surface area contributed by atoms with Crippen LogP contribution in [0.2, 0.25) is 8.67 Å². The fourth-order valence-electron chi connectivity index (χ4n) is 2.67. The van der Waals surface area contributed by atoms with Gasteiger partial charge in [0.05, 0.1) is 10.4 Å². The minimum absolute atomic E-state index is 0.0400. The molecule has 8 heteroatoms. The molecule has 0 N–H and O–H groups in total. The number of rotatable bonds is 3. The summed E-state index contributed by atoms with van der Waals surface area (Å²) in [5, 5.41) is 0. The molecule has 1 aliphatic rings. The second-order valence-electron chi connectivity index (χ2n) is 5.01. The van der Waals surface area contributed by atoms with Crippen LogP contribution in [0, 0.1) is 5.82 Å². The maximum atomic E-state index is 13.1. The Labute approximate surface area is 142 Å². The fraction of sp³-hybridized carbons (Fsp3) is 0.286. The summed E-state index contributed by atoms with van der Waals surface area (Å²) in [4.78, 5) is 0.0400. The van der Waals surface area contributed by atoms with E-state index in [4.69, 9.17) is 23.2 Å². The number of hydrogen-bond acceptors (Lipinski definition) is 3. The molecule has 118 valence electrons. The first kappa shape index (κ1) is 16.2. The molecule has 3 nitrogen and oxygen atoms in total. The van der Waals surface area contributed by atoms with Crippen molar-refractivity contribution in [3.8, 4) is 0 Å². The summed E-state index contributed by atoms with van der Waals surface area (Å²) in [5.74, 6) is -0.344. The van der Waals surface area contributed by atoms with Crippen molar-refractivity contribution >= 4 is 44.6 Å². The molecule has 22 heavy (non-hydrogen) atoms. The molecule has 0 radical (unpaired) electrons. The third kappa shape index (κ3) is 2.90. The van der Waals surface area contributed by atoms with Crippen LogP contribution in [-0.2, 0) is 10.0 Å². The lowest BCUT2D eigenvalue weighted by atomic mass is 10.1. The highest BCUT2D eigenvalue weighted by molar-refractivity contribution is 7.89. The van der Waals surface area contributed by atoms with E-state index in [1.54, 1.807) is 12.1 Å². The van der Waals surface area contributed by atoms with E-state index < -0.39 is 10.0 Å². The van der Waals surface area contributed by atoms with E-state index in [1.165, 1.54) is 22.5 Å². The predicted octanol–water partition coefficient (Wildman–Crippen LogP) is 4.72. The van der Waals surface area contributed by atoms with Gasteiger partial charge in [-0.3, -0.25) is 0 Å². The summed E-state index contributed by atoms with van der Waals surface area (Å²) in [6.45, 7) is 0.411. The highest BCUT2D eigenvalue weighted by Gasteiger charge is 2.37. The second-order valence-corrected chi connectivity index (χ2v) is 9.16. The van der Waals surface area contributed by atoms with Crippen LogP contribution in [0.1, 0.15) is 24.4 Å². The summed E-state index contributed by atoms with van der Waals surface area (Å²) in [7, 11) is -3.72. The molecule has 1 atom stereocenters. The quantitative estimate of drug-likeness (QED) is 0.773. The normalized spacial score (nSPS) is 19.7. The van der Waals surface area contributed by atoms with Crippen LogP contribution in [0.3, 0.4) is 0 Å². The zero-order chi connectivity index (χ0) is 15.9. The van der Waals surface area contributed by atoms with Gasteiger partial charge in [0.2, 0.25) is 10.0 Å². The topological polar surface area (TPSA) is 37.4 Å². The first-order chi connectivity index (χ1) is 10.4. The highest BCUT2D eigenvalue weighted by Crippen LogP contribution is 2.41. The van der Waals surface area contributed by atoms with Gasteiger partial charge in [0.25, 0.3) is 0 Å². The predicted molar refractivity (Wildman–Crippen MR) is 86.6 cm³/mol. The van der Waals surface area contributed by atoms with Crippen molar-refractivity contribution in [2.45, 2.75) is 23.8 Å².